The lowest BCUT2D eigenvalue weighted by atomic mass is 10.1. The van der Waals surface area contributed by atoms with Crippen LogP contribution in [0.2, 0.25) is 0 Å². The average molecular weight is 435 g/mol. The van der Waals surface area contributed by atoms with Crippen molar-refractivity contribution in [3.05, 3.63) is 36.5 Å². The van der Waals surface area contributed by atoms with Crippen molar-refractivity contribution in [1.29, 1.82) is 0 Å². The molecule has 2 amide bonds. The molecular weight excluding hydrogens is 408 g/mol. The Labute approximate surface area is 175 Å². The molecule has 2 heterocycles. The van der Waals surface area contributed by atoms with Crippen LogP contribution in [0.5, 0.6) is 5.75 Å². The molecule has 0 spiro atoms. The SMILES string of the molecule is CC(C)CCOc1cccc(NC(=O)C(=O)Nc2ccnn2C2CCS(=O)(=O)C2)c1. The van der Waals surface area contributed by atoms with Crippen molar-refractivity contribution in [2.75, 3.05) is 28.7 Å². The highest BCUT2D eigenvalue weighted by molar-refractivity contribution is 7.91. The predicted molar refractivity (Wildman–Crippen MR) is 113 cm³/mol. The second kappa shape index (κ2) is 9.29. The van der Waals surface area contributed by atoms with Crippen LogP contribution in [0.15, 0.2) is 36.5 Å². The van der Waals surface area contributed by atoms with Gasteiger partial charge in [0.15, 0.2) is 9.84 Å². The Morgan fingerprint density at radius 3 is 2.70 bits per heavy atom. The van der Waals surface area contributed by atoms with Gasteiger partial charge in [0.2, 0.25) is 0 Å². The average Bonchev–Trinajstić information content (AvgIpc) is 3.27. The van der Waals surface area contributed by atoms with Gasteiger partial charge in [-0.15, -0.1) is 0 Å². The van der Waals surface area contributed by atoms with E-state index in [0.29, 0.717) is 30.4 Å². The fourth-order valence-electron chi connectivity index (χ4n) is 3.11. The summed E-state index contributed by atoms with van der Waals surface area (Å²) in [6, 6.07) is 7.99. The van der Waals surface area contributed by atoms with Gasteiger partial charge in [0, 0.05) is 17.8 Å². The number of sulfone groups is 1. The van der Waals surface area contributed by atoms with Crippen LogP contribution in [0.3, 0.4) is 0 Å². The number of ether oxygens (including phenoxy) is 1. The van der Waals surface area contributed by atoms with E-state index in [1.54, 1.807) is 24.3 Å². The van der Waals surface area contributed by atoms with Crippen LogP contribution in [-0.4, -0.2) is 48.1 Å². The van der Waals surface area contributed by atoms with Gasteiger partial charge in [-0.05, 0) is 30.9 Å². The molecule has 0 saturated carbocycles. The van der Waals surface area contributed by atoms with Crippen molar-refractivity contribution in [2.45, 2.75) is 32.7 Å². The van der Waals surface area contributed by atoms with Gasteiger partial charge in [-0.2, -0.15) is 5.10 Å². The molecule has 162 valence electrons. The Hall–Kier alpha value is -2.88. The number of nitrogens with zero attached hydrogens (tertiary/aromatic N) is 2. The normalized spacial score (nSPS) is 17.6. The van der Waals surface area contributed by atoms with Gasteiger partial charge < -0.3 is 15.4 Å². The molecule has 1 aliphatic rings. The molecule has 9 nitrogen and oxygen atoms in total. The number of carbonyl (C=O) groups is 2. The molecule has 10 heteroatoms. The Morgan fingerprint density at radius 1 is 1.23 bits per heavy atom. The van der Waals surface area contributed by atoms with Crippen molar-refractivity contribution >= 4 is 33.2 Å². The Balaban J connectivity index is 1.59. The second-order valence-electron chi connectivity index (χ2n) is 7.68. The van der Waals surface area contributed by atoms with Crippen molar-refractivity contribution in [3.63, 3.8) is 0 Å². The summed E-state index contributed by atoms with van der Waals surface area (Å²) < 4.78 is 30.5. The zero-order chi connectivity index (χ0) is 21.7. The summed E-state index contributed by atoms with van der Waals surface area (Å²) in [6.07, 6.45) is 2.79. The van der Waals surface area contributed by atoms with Crippen molar-refractivity contribution in [1.82, 2.24) is 9.78 Å². The van der Waals surface area contributed by atoms with Crippen LogP contribution in [0.4, 0.5) is 11.5 Å². The summed E-state index contributed by atoms with van der Waals surface area (Å²) in [5.41, 5.74) is 0.438. The highest BCUT2D eigenvalue weighted by Crippen LogP contribution is 2.26. The number of carbonyl (C=O) groups excluding carboxylic acids is 2. The summed E-state index contributed by atoms with van der Waals surface area (Å²) in [5.74, 6) is -0.259. The molecule has 1 atom stereocenters. The lowest BCUT2D eigenvalue weighted by Gasteiger charge is -2.14. The smallest absolute Gasteiger partial charge is 0.315 e. The van der Waals surface area contributed by atoms with E-state index in [9.17, 15) is 18.0 Å². The second-order valence-corrected chi connectivity index (χ2v) is 9.91. The fraction of sp³-hybridized carbons (Fsp3) is 0.450. The number of anilines is 2. The first kappa shape index (κ1) is 21.8. The molecule has 0 radical (unpaired) electrons. The van der Waals surface area contributed by atoms with Gasteiger partial charge in [0.1, 0.15) is 11.6 Å². The van der Waals surface area contributed by atoms with Crippen LogP contribution in [0.1, 0.15) is 32.7 Å². The number of hydrogen-bond donors (Lipinski definition) is 2. The summed E-state index contributed by atoms with van der Waals surface area (Å²) in [7, 11) is -3.10. The minimum atomic E-state index is -3.10. The summed E-state index contributed by atoms with van der Waals surface area (Å²) in [6.45, 7) is 4.78. The van der Waals surface area contributed by atoms with Crippen LogP contribution >= 0.6 is 0 Å². The van der Waals surface area contributed by atoms with E-state index >= 15 is 0 Å². The van der Waals surface area contributed by atoms with E-state index in [0.717, 1.165) is 6.42 Å². The van der Waals surface area contributed by atoms with Gasteiger partial charge >= 0.3 is 11.8 Å². The Morgan fingerprint density at radius 2 is 2.00 bits per heavy atom. The van der Waals surface area contributed by atoms with E-state index in [-0.39, 0.29) is 23.4 Å². The third-order valence-electron chi connectivity index (χ3n) is 4.73. The first-order valence-electron chi connectivity index (χ1n) is 9.82. The number of hydrogen-bond acceptors (Lipinski definition) is 6. The largest absolute Gasteiger partial charge is 0.494 e. The predicted octanol–water partition coefficient (Wildman–Crippen LogP) is 2.24. The maximum atomic E-state index is 12.3. The zero-order valence-corrected chi connectivity index (χ0v) is 17.8. The maximum absolute atomic E-state index is 12.3. The minimum Gasteiger partial charge on any atom is -0.494 e. The van der Waals surface area contributed by atoms with Crippen molar-refractivity contribution in [2.24, 2.45) is 5.92 Å². The van der Waals surface area contributed by atoms with E-state index < -0.39 is 21.7 Å². The number of nitrogens with one attached hydrogen (secondary N) is 2. The lowest BCUT2D eigenvalue weighted by molar-refractivity contribution is -0.133. The standard InChI is InChI=1S/C20H26N4O5S/c1-14(2)7-10-29-17-5-3-4-15(12-17)22-19(25)20(26)23-18-6-9-21-24(18)16-8-11-30(27,28)13-16/h3-6,9,12,14,16H,7-8,10-11,13H2,1-2H3,(H,22,25)(H,23,26). The number of aromatic nitrogens is 2. The van der Waals surface area contributed by atoms with E-state index in [1.165, 1.54) is 16.9 Å². The van der Waals surface area contributed by atoms with Gasteiger partial charge in [0.25, 0.3) is 0 Å². The molecule has 1 aliphatic heterocycles. The molecule has 1 fully saturated rings. The van der Waals surface area contributed by atoms with Gasteiger partial charge in [-0.1, -0.05) is 19.9 Å². The molecule has 2 aromatic rings. The summed E-state index contributed by atoms with van der Waals surface area (Å²) in [5, 5.41) is 9.14. The third-order valence-corrected chi connectivity index (χ3v) is 6.48. The number of amides is 2. The van der Waals surface area contributed by atoms with Crippen molar-refractivity contribution < 1.29 is 22.7 Å². The molecule has 1 saturated heterocycles. The monoisotopic (exact) mass is 434 g/mol. The maximum Gasteiger partial charge on any atom is 0.315 e. The minimum absolute atomic E-state index is 0.0344. The highest BCUT2D eigenvalue weighted by atomic mass is 32.2. The number of benzene rings is 1. The van der Waals surface area contributed by atoms with Crippen molar-refractivity contribution in [3.8, 4) is 5.75 Å². The zero-order valence-electron chi connectivity index (χ0n) is 17.0. The van der Waals surface area contributed by atoms with Crippen LogP contribution in [-0.2, 0) is 19.4 Å². The van der Waals surface area contributed by atoms with Crippen LogP contribution in [0.25, 0.3) is 0 Å². The molecule has 0 bridgehead atoms. The molecule has 1 aromatic heterocycles. The molecule has 0 aliphatic carbocycles. The Bertz CT molecular complexity index is 1020. The molecular formula is C20H26N4O5S. The van der Waals surface area contributed by atoms with E-state index in [4.69, 9.17) is 4.74 Å². The topological polar surface area (TPSA) is 119 Å². The van der Waals surface area contributed by atoms with E-state index in [1.807, 2.05) is 0 Å². The molecule has 1 unspecified atom stereocenters. The van der Waals surface area contributed by atoms with Gasteiger partial charge in [0.05, 0.1) is 30.4 Å². The lowest BCUT2D eigenvalue weighted by Crippen LogP contribution is -2.30. The molecule has 3 rings (SSSR count). The number of rotatable bonds is 7. The van der Waals surface area contributed by atoms with Gasteiger partial charge in [-0.25, -0.2) is 13.1 Å². The van der Waals surface area contributed by atoms with Gasteiger partial charge in [-0.3, -0.25) is 9.59 Å². The Kier molecular flexibility index (Phi) is 6.76. The van der Waals surface area contributed by atoms with Crippen LogP contribution in [0, 0.1) is 5.92 Å². The molecule has 1 aromatic carbocycles. The molecule has 30 heavy (non-hydrogen) atoms. The first-order chi connectivity index (χ1) is 14.2. The van der Waals surface area contributed by atoms with Crippen LogP contribution < -0.4 is 15.4 Å². The summed E-state index contributed by atoms with van der Waals surface area (Å²) in [4.78, 5) is 24.6. The first-order valence-corrected chi connectivity index (χ1v) is 11.6. The van der Waals surface area contributed by atoms with E-state index in [2.05, 4.69) is 29.6 Å². The summed E-state index contributed by atoms with van der Waals surface area (Å²) >= 11 is 0. The fourth-order valence-corrected chi connectivity index (χ4v) is 4.80. The quantitative estimate of drug-likeness (QED) is 0.645. The third kappa shape index (κ3) is 5.82. The highest BCUT2D eigenvalue weighted by Gasteiger charge is 2.31. The molecule has 2 N–H and O–H groups in total.